The van der Waals surface area contributed by atoms with Crippen LogP contribution in [0.1, 0.15) is 26.4 Å². The van der Waals surface area contributed by atoms with Gasteiger partial charge in [-0.05, 0) is 48.4 Å². The summed E-state index contributed by atoms with van der Waals surface area (Å²) in [5.74, 6) is -1.95. The molecule has 3 rings (SSSR count). The van der Waals surface area contributed by atoms with Gasteiger partial charge in [-0.2, -0.15) is 0 Å². The number of benzene rings is 2. The van der Waals surface area contributed by atoms with Crippen LogP contribution in [0.5, 0.6) is 5.75 Å². The second-order valence-electron chi connectivity index (χ2n) is 7.97. The van der Waals surface area contributed by atoms with Gasteiger partial charge in [0.2, 0.25) is 0 Å². The van der Waals surface area contributed by atoms with Crippen LogP contribution >= 0.6 is 0 Å². The van der Waals surface area contributed by atoms with Crippen LogP contribution in [0.25, 0.3) is 0 Å². The van der Waals surface area contributed by atoms with E-state index in [1.807, 2.05) is 10.8 Å². The zero-order chi connectivity index (χ0) is 28.3. The molecule has 3 aromatic rings. The summed E-state index contributed by atoms with van der Waals surface area (Å²) in [5.41, 5.74) is 0.607. The minimum Gasteiger partial charge on any atom is -0.484 e. The fourth-order valence-electron chi connectivity index (χ4n) is 3.12. The molecule has 0 fully saturated rings. The third-order valence-electron chi connectivity index (χ3n) is 5.19. The summed E-state index contributed by atoms with van der Waals surface area (Å²) in [5, 5.41) is 5.02. The van der Waals surface area contributed by atoms with Crippen LogP contribution < -0.4 is 20.1 Å². The van der Waals surface area contributed by atoms with Gasteiger partial charge in [0.05, 0.1) is 17.6 Å². The number of methoxy groups -OCH3 is 1. The summed E-state index contributed by atoms with van der Waals surface area (Å²) in [6.07, 6.45) is 1.50. The zero-order valence-electron chi connectivity index (χ0n) is 20.9. The number of aromatic nitrogens is 1. The molecule has 0 bridgehead atoms. The topological polar surface area (TPSA) is 170 Å². The average Bonchev–Trinajstić information content (AvgIpc) is 2.95. The van der Waals surface area contributed by atoms with Crippen LogP contribution in [-0.2, 0) is 30.8 Å². The lowest BCUT2D eigenvalue weighted by Gasteiger charge is -2.09. The Hall–Kier alpha value is -4.78. The van der Waals surface area contributed by atoms with Crippen LogP contribution in [0.3, 0.4) is 0 Å². The lowest BCUT2D eigenvalue weighted by Crippen LogP contribution is -2.32. The van der Waals surface area contributed by atoms with Crippen molar-refractivity contribution in [2.24, 2.45) is 0 Å². The molecule has 0 saturated heterocycles. The number of amides is 3. The molecule has 204 valence electrons. The van der Waals surface area contributed by atoms with E-state index in [9.17, 15) is 27.6 Å². The Kier molecular flexibility index (Phi) is 10.1. The number of carbonyl (C=O) groups is 4. The normalized spacial score (nSPS) is 10.7. The molecule has 3 amide bonds. The summed E-state index contributed by atoms with van der Waals surface area (Å²) < 4.78 is 37.0. The molecule has 0 aliphatic heterocycles. The Morgan fingerprint density at radius 3 is 2.23 bits per heavy atom. The molecule has 0 aliphatic carbocycles. The molecular formula is C26H26N4O8S. The minimum atomic E-state index is -4.18. The van der Waals surface area contributed by atoms with E-state index in [0.29, 0.717) is 18.7 Å². The van der Waals surface area contributed by atoms with Crippen molar-refractivity contribution in [1.29, 1.82) is 0 Å². The maximum absolute atomic E-state index is 12.6. The number of rotatable bonds is 12. The van der Waals surface area contributed by atoms with Gasteiger partial charge in [0.25, 0.3) is 27.7 Å². The largest absolute Gasteiger partial charge is 0.484 e. The Labute approximate surface area is 224 Å². The molecule has 13 heteroatoms. The lowest BCUT2D eigenvalue weighted by molar-refractivity contribution is -0.139. The van der Waals surface area contributed by atoms with Gasteiger partial charge < -0.3 is 20.1 Å². The van der Waals surface area contributed by atoms with Gasteiger partial charge in [0, 0.05) is 12.7 Å². The molecule has 0 radical (unpaired) electrons. The van der Waals surface area contributed by atoms with Crippen LogP contribution in [0.2, 0.25) is 0 Å². The molecule has 0 saturated carbocycles. The first-order valence-corrected chi connectivity index (χ1v) is 13.1. The lowest BCUT2D eigenvalue weighted by atomic mass is 10.1. The highest BCUT2D eigenvalue weighted by molar-refractivity contribution is 7.90. The van der Waals surface area contributed by atoms with Crippen LogP contribution in [-0.4, -0.2) is 63.9 Å². The maximum Gasteiger partial charge on any atom is 0.325 e. The van der Waals surface area contributed by atoms with E-state index in [0.717, 1.165) is 11.8 Å². The van der Waals surface area contributed by atoms with Crippen LogP contribution in [0.15, 0.2) is 77.8 Å². The van der Waals surface area contributed by atoms with E-state index in [2.05, 4.69) is 20.4 Å². The molecule has 0 unspecified atom stereocenters. The number of nitrogens with zero attached hydrogens (tertiary/aromatic N) is 1. The highest BCUT2D eigenvalue weighted by atomic mass is 32.2. The molecule has 3 N–H and O–H groups in total. The Morgan fingerprint density at radius 1 is 0.872 bits per heavy atom. The van der Waals surface area contributed by atoms with Gasteiger partial charge in [-0.15, -0.1) is 0 Å². The van der Waals surface area contributed by atoms with E-state index in [4.69, 9.17) is 4.74 Å². The van der Waals surface area contributed by atoms with E-state index in [-0.39, 0.29) is 35.2 Å². The zero-order valence-corrected chi connectivity index (χ0v) is 21.7. The number of ether oxygens (including phenoxy) is 2. The van der Waals surface area contributed by atoms with Crippen molar-refractivity contribution in [3.05, 3.63) is 89.7 Å². The first kappa shape index (κ1) is 28.8. The summed E-state index contributed by atoms with van der Waals surface area (Å²) in [6, 6.07) is 17.2. The Bertz CT molecular complexity index is 1410. The minimum absolute atomic E-state index is 0.0752. The molecule has 12 nitrogen and oxygen atoms in total. The third-order valence-corrected chi connectivity index (χ3v) is 6.54. The van der Waals surface area contributed by atoms with Crippen molar-refractivity contribution in [2.75, 3.05) is 26.8 Å². The number of carbonyl (C=O) groups excluding carboxylic acids is 4. The Balaban J connectivity index is 1.47. The number of sulfonamides is 1. The number of hydrogen-bond donors (Lipinski definition) is 3. The van der Waals surface area contributed by atoms with Crippen molar-refractivity contribution in [3.63, 3.8) is 0 Å². The second kappa shape index (κ2) is 13.7. The summed E-state index contributed by atoms with van der Waals surface area (Å²) in [6.45, 7) is -0.153. The average molecular weight is 555 g/mol. The summed E-state index contributed by atoms with van der Waals surface area (Å²) in [4.78, 5) is 51.1. The smallest absolute Gasteiger partial charge is 0.325 e. The first-order chi connectivity index (χ1) is 18.7. The van der Waals surface area contributed by atoms with E-state index < -0.39 is 27.8 Å². The number of hydrogen-bond acceptors (Lipinski definition) is 9. The van der Waals surface area contributed by atoms with Gasteiger partial charge in [-0.25, -0.2) is 13.1 Å². The van der Waals surface area contributed by atoms with Crippen molar-refractivity contribution >= 4 is 33.7 Å². The third kappa shape index (κ3) is 8.93. The van der Waals surface area contributed by atoms with Crippen molar-refractivity contribution in [3.8, 4) is 5.75 Å². The molecular weight excluding hydrogens is 528 g/mol. The van der Waals surface area contributed by atoms with Gasteiger partial charge >= 0.3 is 5.97 Å². The van der Waals surface area contributed by atoms with Gasteiger partial charge in [-0.3, -0.25) is 24.2 Å². The summed E-state index contributed by atoms with van der Waals surface area (Å²) in [7, 11) is -3.01. The van der Waals surface area contributed by atoms with E-state index in [1.165, 1.54) is 31.4 Å². The van der Waals surface area contributed by atoms with E-state index >= 15 is 0 Å². The molecule has 0 spiro atoms. The van der Waals surface area contributed by atoms with Crippen LogP contribution in [0.4, 0.5) is 0 Å². The highest BCUT2D eigenvalue weighted by Gasteiger charge is 2.19. The van der Waals surface area contributed by atoms with Gasteiger partial charge in [0.15, 0.2) is 6.61 Å². The fraction of sp³-hybridized carbons (Fsp3) is 0.192. The number of nitrogens with one attached hydrogen (secondary N) is 3. The number of esters is 1. The predicted octanol–water partition coefficient (Wildman–Crippen LogP) is 0.841. The molecule has 1 aromatic heterocycles. The molecule has 0 aliphatic rings. The number of para-hydroxylation sites is 1. The predicted molar refractivity (Wildman–Crippen MR) is 138 cm³/mol. The van der Waals surface area contributed by atoms with Crippen molar-refractivity contribution in [1.82, 2.24) is 20.3 Å². The maximum atomic E-state index is 12.6. The molecule has 39 heavy (non-hydrogen) atoms. The summed E-state index contributed by atoms with van der Waals surface area (Å²) >= 11 is 0. The van der Waals surface area contributed by atoms with Gasteiger partial charge in [-0.1, -0.05) is 30.3 Å². The fourth-order valence-corrected chi connectivity index (χ4v) is 4.09. The standard InChI is InChI=1S/C26H26N4O8S/c1-37-24(32)16-29-26(34)22-12-9-19(15-28-22)25(33)30-39(35,36)21-10-7-18(8-11-21)13-14-27-23(31)17-38-20-5-3-2-4-6-20/h2-12,15H,13-14,16-17H2,1H3,(H,27,31)(H,29,34)(H,30,33). The molecule has 0 atom stereocenters. The SMILES string of the molecule is COC(=O)CNC(=O)c1ccc(C(=O)NS(=O)(=O)c2ccc(CCNC(=O)COc3ccccc3)cc2)cn1. The second-order valence-corrected chi connectivity index (χ2v) is 9.65. The highest BCUT2D eigenvalue weighted by Crippen LogP contribution is 2.12. The monoisotopic (exact) mass is 554 g/mol. The Morgan fingerprint density at radius 2 is 1.59 bits per heavy atom. The first-order valence-electron chi connectivity index (χ1n) is 11.6. The molecule has 1 heterocycles. The van der Waals surface area contributed by atoms with E-state index in [1.54, 1.807) is 36.4 Å². The van der Waals surface area contributed by atoms with Gasteiger partial charge in [0.1, 0.15) is 18.0 Å². The van der Waals surface area contributed by atoms with Crippen LogP contribution in [0, 0.1) is 0 Å². The van der Waals surface area contributed by atoms with Crippen molar-refractivity contribution in [2.45, 2.75) is 11.3 Å². The molecule has 2 aromatic carbocycles. The van der Waals surface area contributed by atoms with Crippen molar-refractivity contribution < 1.29 is 37.1 Å². The quantitative estimate of drug-likeness (QED) is 0.275. The number of pyridine rings is 1.